The Balaban J connectivity index is 3.73. The molecule has 0 heterocycles. The van der Waals surface area contributed by atoms with Crippen LogP contribution in [0.25, 0.3) is 0 Å². The molecule has 2 heteroatoms. The summed E-state index contributed by atoms with van der Waals surface area (Å²) < 4.78 is 5.55. The molecule has 0 fully saturated rings. The summed E-state index contributed by atoms with van der Waals surface area (Å²) in [5.41, 5.74) is 0. The molecule has 0 unspecified atom stereocenters. The van der Waals surface area contributed by atoms with Crippen LogP contribution in [0.1, 0.15) is 6.92 Å². The van der Waals surface area contributed by atoms with E-state index in [9.17, 15) is 0 Å². The molecule has 0 radical (unpaired) electrons. The Kier molecular flexibility index (Phi) is 2.06. The van der Waals surface area contributed by atoms with Gasteiger partial charge in [-0.2, -0.15) is 0 Å². The van der Waals surface area contributed by atoms with Crippen LogP contribution < -0.4 is 0 Å². The SMILES string of the molecule is CCOP(C)(C)(C)C. The fourth-order valence-electron chi connectivity index (χ4n) is 0.516. The minimum absolute atomic E-state index is 0.845. The van der Waals surface area contributed by atoms with Crippen LogP contribution in [0.2, 0.25) is 0 Å². The van der Waals surface area contributed by atoms with Crippen molar-refractivity contribution in [2.75, 3.05) is 33.3 Å². The summed E-state index contributed by atoms with van der Waals surface area (Å²) in [7, 11) is 0. The third kappa shape index (κ3) is 6.39. The first-order valence-corrected chi connectivity index (χ1v) is 6.91. The molecule has 0 rings (SSSR count). The molecule has 0 aromatic heterocycles. The van der Waals surface area contributed by atoms with Gasteiger partial charge in [-0.1, -0.05) is 0 Å². The van der Waals surface area contributed by atoms with Gasteiger partial charge in [0.15, 0.2) is 0 Å². The second kappa shape index (κ2) is 1.97. The molecule has 0 aromatic rings. The van der Waals surface area contributed by atoms with Crippen molar-refractivity contribution >= 4 is 6.83 Å². The molecule has 0 aliphatic heterocycles. The third-order valence-corrected chi connectivity index (χ3v) is 1.94. The number of rotatable bonds is 2. The Bertz CT molecular complexity index is 71.0. The van der Waals surface area contributed by atoms with Crippen LogP contribution in [0.4, 0.5) is 0 Å². The molecular weight excluding hydrogens is 119 g/mol. The van der Waals surface area contributed by atoms with Crippen molar-refractivity contribution in [1.82, 2.24) is 0 Å². The van der Waals surface area contributed by atoms with E-state index in [2.05, 4.69) is 26.7 Å². The molecule has 0 atom stereocenters. The van der Waals surface area contributed by atoms with Crippen LogP contribution in [0.15, 0.2) is 0 Å². The molecule has 0 saturated heterocycles. The first-order chi connectivity index (χ1) is 3.31. The first-order valence-electron chi connectivity index (χ1n) is 2.97. The van der Waals surface area contributed by atoms with Gasteiger partial charge >= 0.3 is 51.5 Å². The van der Waals surface area contributed by atoms with Crippen LogP contribution in [0.5, 0.6) is 0 Å². The Morgan fingerprint density at radius 3 is 1.50 bits per heavy atom. The topological polar surface area (TPSA) is 9.23 Å². The zero-order valence-corrected chi connectivity index (χ0v) is 7.46. The molecule has 0 amide bonds. The summed E-state index contributed by atoms with van der Waals surface area (Å²) in [4.78, 5) is 0. The van der Waals surface area contributed by atoms with Gasteiger partial charge in [0, 0.05) is 0 Å². The molecule has 8 heavy (non-hydrogen) atoms. The van der Waals surface area contributed by atoms with Crippen molar-refractivity contribution in [3.8, 4) is 0 Å². The summed E-state index contributed by atoms with van der Waals surface area (Å²) in [6.45, 7) is 10.1. The van der Waals surface area contributed by atoms with Gasteiger partial charge < -0.3 is 0 Å². The van der Waals surface area contributed by atoms with Crippen molar-refractivity contribution in [2.24, 2.45) is 0 Å². The van der Waals surface area contributed by atoms with Crippen LogP contribution in [0.3, 0.4) is 0 Å². The molecule has 0 aromatic carbocycles. The van der Waals surface area contributed by atoms with Gasteiger partial charge in [0.05, 0.1) is 0 Å². The number of hydrogen-bond donors (Lipinski definition) is 0. The molecule has 0 aliphatic rings. The Labute approximate surface area is 52.4 Å². The predicted molar refractivity (Wildman–Crippen MR) is 42.2 cm³/mol. The summed E-state index contributed by atoms with van der Waals surface area (Å²) in [6.07, 6.45) is 0. The molecule has 52 valence electrons. The molecular formula is C6H17OP. The maximum absolute atomic E-state index is 5.55. The van der Waals surface area contributed by atoms with E-state index in [0.29, 0.717) is 0 Å². The van der Waals surface area contributed by atoms with Gasteiger partial charge in [-0.15, -0.1) is 0 Å². The van der Waals surface area contributed by atoms with E-state index in [1.807, 2.05) is 6.92 Å². The predicted octanol–water partition coefficient (Wildman–Crippen LogP) is 2.01. The van der Waals surface area contributed by atoms with Crippen LogP contribution in [0, 0.1) is 0 Å². The zero-order valence-electron chi connectivity index (χ0n) is 6.56. The average Bonchev–Trinajstić information content (AvgIpc) is 1.25. The van der Waals surface area contributed by atoms with Crippen LogP contribution >= 0.6 is 6.83 Å². The van der Waals surface area contributed by atoms with Crippen LogP contribution in [-0.4, -0.2) is 33.3 Å². The molecule has 0 saturated carbocycles. The Hall–Kier alpha value is 0.390. The van der Waals surface area contributed by atoms with Crippen LogP contribution in [-0.2, 0) is 4.52 Å². The van der Waals surface area contributed by atoms with Gasteiger partial charge in [-0.25, -0.2) is 0 Å². The number of hydrogen-bond acceptors (Lipinski definition) is 1. The second-order valence-electron chi connectivity index (χ2n) is 3.83. The minimum atomic E-state index is -1.60. The average molecular weight is 136 g/mol. The Morgan fingerprint density at radius 1 is 1.12 bits per heavy atom. The third-order valence-electron chi connectivity index (χ3n) is 0.645. The standard InChI is InChI=1S/C6H17OP/c1-6-7-8(2,3,4)5/h6H2,1-5H3. The van der Waals surface area contributed by atoms with E-state index in [1.165, 1.54) is 0 Å². The molecule has 0 spiro atoms. The molecule has 0 bridgehead atoms. The summed E-state index contributed by atoms with van der Waals surface area (Å²) in [5, 5.41) is 0. The van der Waals surface area contributed by atoms with Gasteiger partial charge in [0.1, 0.15) is 0 Å². The van der Waals surface area contributed by atoms with Crippen molar-refractivity contribution < 1.29 is 4.52 Å². The van der Waals surface area contributed by atoms with Gasteiger partial charge in [0.2, 0.25) is 0 Å². The molecule has 0 aliphatic carbocycles. The maximum atomic E-state index is 5.55. The van der Waals surface area contributed by atoms with Gasteiger partial charge in [0.25, 0.3) is 0 Å². The fraction of sp³-hybridized carbons (Fsp3) is 1.00. The Morgan fingerprint density at radius 2 is 1.50 bits per heavy atom. The van der Waals surface area contributed by atoms with E-state index in [1.54, 1.807) is 0 Å². The summed E-state index contributed by atoms with van der Waals surface area (Å²) in [5.74, 6) is 0. The summed E-state index contributed by atoms with van der Waals surface area (Å²) in [6, 6.07) is 0. The van der Waals surface area contributed by atoms with Gasteiger partial charge in [-0.3, -0.25) is 0 Å². The van der Waals surface area contributed by atoms with E-state index in [0.717, 1.165) is 6.61 Å². The van der Waals surface area contributed by atoms with Crippen molar-refractivity contribution in [3.63, 3.8) is 0 Å². The second-order valence-corrected chi connectivity index (χ2v) is 10.9. The van der Waals surface area contributed by atoms with Crippen molar-refractivity contribution in [3.05, 3.63) is 0 Å². The summed E-state index contributed by atoms with van der Waals surface area (Å²) >= 11 is 0. The zero-order chi connectivity index (χ0) is 6.86. The van der Waals surface area contributed by atoms with Crippen molar-refractivity contribution in [1.29, 1.82) is 0 Å². The normalized spacial score (nSPS) is 17.4. The van der Waals surface area contributed by atoms with E-state index >= 15 is 0 Å². The quantitative estimate of drug-likeness (QED) is 0.527. The fourth-order valence-corrected chi connectivity index (χ4v) is 1.55. The van der Waals surface area contributed by atoms with E-state index in [4.69, 9.17) is 4.52 Å². The van der Waals surface area contributed by atoms with E-state index < -0.39 is 6.83 Å². The monoisotopic (exact) mass is 136 g/mol. The van der Waals surface area contributed by atoms with Gasteiger partial charge in [-0.05, 0) is 0 Å². The first kappa shape index (κ1) is 8.39. The van der Waals surface area contributed by atoms with Crippen molar-refractivity contribution in [2.45, 2.75) is 6.92 Å². The molecule has 0 N–H and O–H groups in total. The molecule has 1 nitrogen and oxygen atoms in total. The van der Waals surface area contributed by atoms with E-state index in [-0.39, 0.29) is 0 Å².